The van der Waals surface area contributed by atoms with Gasteiger partial charge in [-0.15, -0.1) is 0 Å². The van der Waals surface area contributed by atoms with Crippen LogP contribution >= 0.6 is 0 Å². The molecule has 3 aromatic rings. The summed E-state index contributed by atoms with van der Waals surface area (Å²) in [6.45, 7) is 10.8. The minimum Gasteiger partial charge on any atom is -0.248 e. The predicted molar refractivity (Wildman–Crippen MR) is 90.9 cm³/mol. The Kier molecular flexibility index (Phi) is 3.29. The molecule has 1 aromatic heterocycles. The lowest BCUT2D eigenvalue weighted by Gasteiger charge is -2.11. The van der Waals surface area contributed by atoms with Crippen molar-refractivity contribution in [2.24, 2.45) is 0 Å². The van der Waals surface area contributed by atoms with Gasteiger partial charge in [0.2, 0.25) is 0 Å². The van der Waals surface area contributed by atoms with Crippen LogP contribution in [0.25, 0.3) is 22.2 Å². The third kappa shape index (κ3) is 2.56. The molecule has 106 valence electrons. The van der Waals surface area contributed by atoms with Crippen LogP contribution in [0.5, 0.6) is 0 Å². The Balaban J connectivity index is 2.29. The number of aromatic nitrogens is 1. The van der Waals surface area contributed by atoms with Crippen molar-refractivity contribution >= 4 is 10.9 Å². The standard InChI is InChI=1S/C20H21N/c1-12-6-13(2)9-17(8-12)18-11-16(5)20-15(4)7-14(3)10-19(20)21-18/h6-11H,1-5H3. The molecular formula is C20H21N. The predicted octanol–water partition coefficient (Wildman–Crippen LogP) is 5.44. The van der Waals surface area contributed by atoms with Gasteiger partial charge in [-0.1, -0.05) is 23.3 Å². The van der Waals surface area contributed by atoms with Crippen molar-refractivity contribution < 1.29 is 0 Å². The zero-order valence-corrected chi connectivity index (χ0v) is 13.4. The van der Waals surface area contributed by atoms with E-state index in [2.05, 4.69) is 71.0 Å². The second-order valence-electron chi connectivity index (χ2n) is 6.18. The third-order valence-corrected chi connectivity index (χ3v) is 3.96. The third-order valence-electron chi connectivity index (χ3n) is 3.96. The van der Waals surface area contributed by atoms with Crippen LogP contribution in [0.2, 0.25) is 0 Å². The topological polar surface area (TPSA) is 12.9 Å². The Morgan fingerprint density at radius 3 is 1.86 bits per heavy atom. The highest BCUT2D eigenvalue weighted by atomic mass is 14.7. The van der Waals surface area contributed by atoms with Crippen molar-refractivity contribution in [1.29, 1.82) is 0 Å². The normalized spacial score (nSPS) is 11.1. The van der Waals surface area contributed by atoms with E-state index in [1.54, 1.807) is 0 Å². The molecule has 3 rings (SSSR count). The molecule has 0 aliphatic heterocycles. The number of aryl methyl sites for hydroxylation is 5. The van der Waals surface area contributed by atoms with Crippen LogP contribution < -0.4 is 0 Å². The summed E-state index contributed by atoms with van der Waals surface area (Å²) in [5.41, 5.74) is 9.81. The van der Waals surface area contributed by atoms with E-state index < -0.39 is 0 Å². The zero-order valence-electron chi connectivity index (χ0n) is 13.4. The SMILES string of the molecule is Cc1cc(C)cc(-c2cc(C)c3c(C)cc(C)cc3n2)c1. The molecule has 1 heterocycles. The molecule has 0 radical (unpaired) electrons. The van der Waals surface area contributed by atoms with Gasteiger partial charge >= 0.3 is 0 Å². The summed E-state index contributed by atoms with van der Waals surface area (Å²) < 4.78 is 0. The summed E-state index contributed by atoms with van der Waals surface area (Å²) in [5, 5.41) is 1.29. The summed E-state index contributed by atoms with van der Waals surface area (Å²) in [7, 11) is 0. The molecule has 0 atom stereocenters. The molecule has 1 nitrogen and oxygen atoms in total. The fourth-order valence-electron chi connectivity index (χ4n) is 3.26. The van der Waals surface area contributed by atoms with E-state index in [9.17, 15) is 0 Å². The highest BCUT2D eigenvalue weighted by molar-refractivity contribution is 5.88. The average Bonchev–Trinajstić information content (AvgIpc) is 2.35. The lowest BCUT2D eigenvalue weighted by atomic mass is 9.98. The van der Waals surface area contributed by atoms with Crippen LogP contribution in [0, 0.1) is 34.6 Å². The minimum absolute atomic E-state index is 1.07. The molecule has 0 saturated heterocycles. The van der Waals surface area contributed by atoms with Crippen LogP contribution in [0.1, 0.15) is 27.8 Å². The minimum atomic E-state index is 1.07. The van der Waals surface area contributed by atoms with Crippen molar-refractivity contribution in [3.8, 4) is 11.3 Å². The maximum atomic E-state index is 4.91. The lowest BCUT2D eigenvalue weighted by Crippen LogP contribution is -1.93. The largest absolute Gasteiger partial charge is 0.248 e. The van der Waals surface area contributed by atoms with E-state index in [-0.39, 0.29) is 0 Å². The van der Waals surface area contributed by atoms with Gasteiger partial charge in [-0.3, -0.25) is 0 Å². The first-order chi connectivity index (χ1) is 9.94. The second-order valence-corrected chi connectivity index (χ2v) is 6.18. The van der Waals surface area contributed by atoms with Gasteiger partial charge in [0.25, 0.3) is 0 Å². The Morgan fingerprint density at radius 2 is 1.19 bits per heavy atom. The number of hydrogen-bond acceptors (Lipinski definition) is 1. The van der Waals surface area contributed by atoms with E-state index in [1.165, 1.54) is 38.8 Å². The van der Waals surface area contributed by atoms with Crippen molar-refractivity contribution in [1.82, 2.24) is 4.98 Å². The zero-order chi connectivity index (χ0) is 15.1. The molecule has 0 aliphatic rings. The molecule has 0 aliphatic carbocycles. The first-order valence-electron chi connectivity index (χ1n) is 7.41. The van der Waals surface area contributed by atoms with Crippen molar-refractivity contribution in [2.75, 3.05) is 0 Å². The Hall–Kier alpha value is -2.15. The summed E-state index contributed by atoms with van der Waals surface area (Å²) in [6, 6.07) is 13.2. The van der Waals surface area contributed by atoms with E-state index in [4.69, 9.17) is 4.98 Å². The maximum absolute atomic E-state index is 4.91. The van der Waals surface area contributed by atoms with Crippen LogP contribution in [0.3, 0.4) is 0 Å². The maximum Gasteiger partial charge on any atom is 0.0717 e. The number of benzene rings is 2. The molecule has 0 spiro atoms. The van der Waals surface area contributed by atoms with Gasteiger partial charge in [0, 0.05) is 10.9 Å². The average molecular weight is 275 g/mol. The summed E-state index contributed by atoms with van der Waals surface area (Å²) in [4.78, 5) is 4.91. The number of hydrogen-bond donors (Lipinski definition) is 0. The van der Waals surface area contributed by atoms with E-state index in [0.717, 1.165) is 11.2 Å². The number of pyridine rings is 1. The van der Waals surface area contributed by atoms with Crippen molar-refractivity contribution in [2.45, 2.75) is 34.6 Å². The van der Waals surface area contributed by atoms with Gasteiger partial charge in [-0.25, -0.2) is 4.98 Å². The van der Waals surface area contributed by atoms with Gasteiger partial charge in [-0.05, 0) is 75.6 Å². The van der Waals surface area contributed by atoms with Gasteiger partial charge in [0.15, 0.2) is 0 Å². The molecule has 2 aromatic carbocycles. The Labute approximate surface area is 126 Å². The van der Waals surface area contributed by atoms with Crippen LogP contribution in [-0.4, -0.2) is 4.98 Å². The molecule has 1 heteroatoms. The van der Waals surface area contributed by atoms with E-state index >= 15 is 0 Å². The second kappa shape index (κ2) is 5.00. The van der Waals surface area contributed by atoms with Gasteiger partial charge in [-0.2, -0.15) is 0 Å². The van der Waals surface area contributed by atoms with Gasteiger partial charge in [0.05, 0.1) is 11.2 Å². The summed E-state index contributed by atoms with van der Waals surface area (Å²) in [6.07, 6.45) is 0. The highest BCUT2D eigenvalue weighted by Crippen LogP contribution is 2.28. The monoisotopic (exact) mass is 275 g/mol. The molecule has 21 heavy (non-hydrogen) atoms. The first kappa shape index (κ1) is 13.8. The van der Waals surface area contributed by atoms with Crippen molar-refractivity contribution in [3.05, 3.63) is 64.2 Å². The smallest absolute Gasteiger partial charge is 0.0717 e. The quantitative estimate of drug-likeness (QED) is 0.576. The highest BCUT2D eigenvalue weighted by Gasteiger charge is 2.08. The fraction of sp³-hybridized carbons (Fsp3) is 0.250. The number of nitrogens with zero attached hydrogens (tertiary/aromatic N) is 1. The molecule has 0 unspecified atom stereocenters. The van der Waals surface area contributed by atoms with E-state index in [1.807, 2.05) is 0 Å². The Bertz CT molecular complexity index is 824. The molecule has 0 amide bonds. The van der Waals surface area contributed by atoms with Crippen LogP contribution in [-0.2, 0) is 0 Å². The van der Waals surface area contributed by atoms with Gasteiger partial charge < -0.3 is 0 Å². The molecule has 0 N–H and O–H groups in total. The first-order valence-corrected chi connectivity index (χ1v) is 7.41. The number of fused-ring (bicyclic) bond motifs is 1. The molecular weight excluding hydrogens is 254 g/mol. The van der Waals surface area contributed by atoms with Gasteiger partial charge in [0.1, 0.15) is 0 Å². The van der Waals surface area contributed by atoms with E-state index in [0.29, 0.717) is 0 Å². The Morgan fingerprint density at radius 1 is 0.619 bits per heavy atom. The van der Waals surface area contributed by atoms with Crippen LogP contribution in [0.4, 0.5) is 0 Å². The van der Waals surface area contributed by atoms with Crippen LogP contribution in [0.15, 0.2) is 36.4 Å². The summed E-state index contributed by atoms with van der Waals surface area (Å²) >= 11 is 0. The van der Waals surface area contributed by atoms with Crippen molar-refractivity contribution in [3.63, 3.8) is 0 Å². The number of rotatable bonds is 1. The molecule has 0 fully saturated rings. The summed E-state index contributed by atoms with van der Waals surface area (Å²) in [5.74, 6) is 0. The molecule has 0 saturated carbocycles. The lowest BCUT2D eigenvalue weighted by molar-refractivity contribution is 1.30. The molecule has 0 bridgehead atoms. The fourth-order valence-corrected chi connectivity index (χ4v) is 3.26.